The first kappa shape index (κ1) is 12.6. The number of hydrogen-bond acceptors (Lipinski definition) is 3. The summed E-state index contributed by atoms with van der Waals surface area (Å²) in [5, 5.41) is 0. The minimum Gasteiger partial charge on any atom is -0.454 e. The fourth-order valence-corrected chi connectivity index (χ4v) is 2.20. The van der Waals surface area contributed by atoms with Gasteiger partial charge < -0.3 is 9.53 Å². The van der Waals surface area contributed by atoms with Gasteiger partial charge in [0.15, 0.2) is 0 Å². The van der Waals surface area contributed by atoms with Crippen molar-refractivity contribution in [2.24, 2.45) is 0 Å². The third-order valence-electron chi connectivity index (χ3n) is 3.11. The number of carbonyl (C=O) groups excluding carboxylic acids is 2. The lowest BCUT2D eigenvalue weighted by Crippen LogP contribution is -2.20. The van der Waals surface area contributed by atoms with Gasteiger partial charge in [0.2, 0.25) is 0 Å². The van der Waals surface area contributed by atoms with Gasteiger partial charge in [-0.1, -0.05) is 30.3 Å². The van der Waals surface area contributed by atoms with E-state index in [1.807, 2.05) is 36.4 Å². The van der Waals surface area contributed by atoms with Crippen molar-refractivity contribution in [3.63, 3.8) is 0 Å². The topological polar surface area (TPSA) is 43.4 Å². The van der Waals surface area contributed by atoms with Crippen molar-refractivity contribution in [3.8, 4) is 0 Å². The van der Waals surface area contributed by atoms with Crippen LogP contribution < -0.4 is 0 Å². The molecule has 94 valence electrons. The summed E-state index contributed by atoms with van der Waals surface area (Å²) in [5.41, 5.74) is 1.64. The van der Waals surface area contributed by atoms with E-state index >= 15 is 0 Å². The summed E-state index contributed by atoms with van der Waals surface area (Å²) < 4.78 is 5.31. The predicted molar refractivity (Wildman–Crippen MR) is 68.1 cm³/mol. The zero-order valence-corrected chi connectivity index (χ0v) is 10.6. The molecule has 2 atom stereocenters. The number of esters is 1. The molecule has 18 heavy (non-hydrogen) atoms. The second kappa shape index (κ2) is 5.17. The van der Waals surface area contributed by atoms with E-state index in [9.17, 15) is 9.59 Å². The Balaban J connectivity index is 2.27. The van der Waals surface area contributed by atoms with Gasteiger partial charge in [-0.25, -0.2) is 4.79 Å². The zero-order valence-electron chi connectivity index (χ0n) is 10.6. The Hall–Kier alpha value is -1.90. The van der Waals surface area contributed by atoms with E-state index in [0.717, 1.165) is 5.56 Å². The molecule has 1 heterocycles. The van der Waals surface area contributed by atoms with Crippen molar-refractivity contribution in [1.29, 1.82) is 0 Å². The van der Waals surface area contributed by atoms with Gasteiger partial charge in [-0.15, -0.1) is 0 Å². The number of ether oxygens (including phenoxy) is 1. The average Bonchev–Trinajstić information content (AvgIpc) is 2.67. The maximum Gasteiger partial charge on any atom is 0.334 e. The third-order valence-corrected chi connectivity index (χ3v) is 3.11. The monoisotopic (exact) mass is 244 g/mol. The van der Waals surface area contributed by atoms with Gasteiger partial charge in [-0.2, -0.15) is 0 Å². The van der Waals surface area contributed by atoms with E-state index in [4.69, 9.17) is 4.74 Å². The SMILES string of the molecule is CC(=O)C[C@@H](c1ccccc1)[C@@H]1C=C(C)C(=O)O1. The molecule has 0 fully saturated rings. The predicted octanol–water partition coefficient (Wildman–Crippen LogP) is 2.62. The van der Waals surface area contributed by atoms with E-state index in [1.54, 1.807) is 13.8 Å². The Morgan fingerprint density at radius 2 is 2.00 bits per heavy atom. The highest BCUT2D eigenvalue weighted by Crippen LogP contribution is 2.31. The number of benzene rings is 1. The molecule has 0 spiro atoms. The van der Waals surface area contributed by atoms with Gasteiger partial charge in [0, 0.05) is 17.9 Å². The van der Waals surface area contributed by atoms with Crippen LogP contribution in [-0.4, -0.2) is 17.9 Å². The molecule has 2 rings (SSSR count). The molecule has 1 aromatic rings. The Kier molecular flexibility index (Phi) is 3.60. The van der Waals surface area contributed by atoms with Crippen molar-refractivity contribution in [2.45, 2.75) is 32.3 Å². The number of ketones is 1. The van der Waals surface area contributed by atoms with Gasteiger partial charge >= 0.3 is 5.97 Å². The van der Waals surface area contributed by atoms with Crippen molar-refractivity contribution >= 4 is 11.8 Å². The molecule has 1 aliphatic rings. The fourth-order valence-electron chi connectivity index (χ4n) is 2.20. The summed E-state index contributed by atoms with van der Waals surface area (Å²) in [5.74, 6) is -0.285. The maximum absolute atomic E-state index is 11.4. The normalized spacial score (nSPS) is 20.2. The van der Waals surface area contributed by atoms with Crippen LogP contribution in [0.2, 0.25) is 0 Å². The summed E-state index contributed by atoms with van der Waals surface area (Å²) in [4.78, 5) is 22.8. The minimum absolute atomic E-state index is 0.0925. The lowest BCUT2D eigenvalue weighted by Gasteiger charge is -2.21. The molecule has 0 unspecified atom stereocenters. The van der Waals surface area contributed by atoms with Gasteiger partial charge in [0.1, 0.15) is 11.9 Å². The number of hydrogen-bond donors (Lipinski definition) is 0. The van der Waals surface area contributed by atoms with Crippen molar-refractivity contribution in [3.05, 3.63) is 47.5 Å². The highest BCUT2D eigenvalue weighted by Gasteiger charge is 2.31. The van der Waals surface area contributed by atoms with Crippen LogP contribution in [0.25, 0.3) is 0 Å². The molecule has 0 amide bonds. The number of rotatable bonds is 4. The summed E-state index contributed by atoms with van der Waals surface area (Å²) in [6.07, 6.45) is 1.86. The van der Waals surface area contributed by atoms with Crippen molar-refractivity contribution in [2.75, 3.05) is 0 Å². The van der Waals surface area contributed by atoms with Crippen molar-refractivity contribution < 1.29 is 14.3 Å². The molecular formula is C15H16O3. The number of Topliss-reactive ketones (excluding diaryl/α,β-unsaturated/α-hetero) is 1. The van der Waals surface area contributed by atoms with Gasteiger partial charge in [-0.3, -0.25) is 0 Å². The van der Waals surface area contributed by atoms with Crippen LogP contribution in [0.15, 0.2) is 42.0 Å². The third kappa shape index (κ3) is 2.67. The molecule has 0 bridgehead atoms. The fraction of sp³-hybridized carbons (Fsp3) is 0.333. The second-order valence-electron chi connectivity index (χ2n) is 4.64. The van der Waals surface area contributed by atoms with Gasteiger partial charge in [0.25, 0.3) is 0 Å². The lowest BCUT2D eigenvalue weighted by atomic mass is 9.88. The van der Waals surface area contributed by atoms with Crippen molar-refractivity contribution in [1.82, 2.24) is 0 Å². The van der Waals surface area contributed by atoms with E-state index < -0.39 is 0 Å². The van der Waals surface area contributed by atoms with Crippen LogP contribution in [-0.2, 0) is 14.3 Å². The summed E-state index contributed by atoms with van der Waals surface area (Å²) in [6.45, 7) is 3.29. The number of cyclic esters (lactones) is 1. The van der Waals surface area contributed by atoms with Gasteiger partial charge in [0.05, 0.1) is 0 Å². The molecule has 0 aromatic heterocycles. The molecule has 1 aliphatic heterocycles. The van der Waals surface area contributed by atoms with Crippen LogP contribution in [0.5, 0.6) is 0 Å². The Morgan fingerprint density at radius 3 is 2.50 bits per heavy atom. The standard InChI is InChI=1S/C15H16O3/c1-10-8-14(18-15(10)17)13(9-11(2)16)12-6-4-3-5-7-12/h3-8,13-14H,9H2,1-2H3/t13-,14-/m0/s1. The smallest absolute Gasteiger partial charge is 0.334 e. The van der Waals surface area contributed by atoms with Crippen LogP contribution in [0.4, 0.5) is 0 Å². The molecule has 3 heteroatoms. The quantitative estimate of drug-likeness (QED) is 0.765. The molecule has 3 nitrogen and oxygen atoms in total. The molecule has 0 aliphatic carbocycles. The first-order chi connectivity index (χ1) is 8.58. The van der Waals surface area contributed by atoms with Crippen LogP contribution in [0, 0.1) is 0 Å². The van der Waals surface area contributed by atoms with Crippen LogP contribution >= 0.6 is 0 Å². The molecule has 0 N–H and O–H groups in total. The average molecular weight is 244 g/mol. The zero-order chi connectivity index (χ0) is 13.1. The molecule has 1 aromatic carbocycles. The molecular weight excluding hydrogens is 228 g/mol. The Morgan fingerprint density at radius 1 is 1.33 bits per heavy atom. The van der Waals surface area contributed by atoms with E-state index in [1.165, 1.54) is 0 Å². The van der Waals surface area contributed by atoms with E-state index in [0.29, 0.717) is 12.0 Å². The van der Waals surface area contributed by atoms with Crippen LogP contribution in [0.1, 0.15) is 31.7 Å². The number of carbonyl (C=O) groups is 2. The Labute approximate surface area is 106 Å². The summed E-state index contributed by atoms with van der Waals surface area (Å²) in [6, 6.07) is 9.70. The van der Waals surface area contributed by atoms with E-state index in [-0.39, 0.29) is 23.8 Å². The summed E-state index contributed by atoms with van der Waals surface area (Å²) in [7, 11) is 0. The van der Waals surface area contributed by atoms with Gasteiger partial charge in [-0.05, 0) is 25.5 Å². The molecule has 0 saturated carbocycles. The first-order valence-corrected chi connectivity index (χ1v) is 6.01. The van der Waals surface area contributed by atoms with Crippen LogP contribution in [0.3, 0.4) is 0 Å². The minimum atomic E-state index is -0.330. The second-order valence-corrected chi connectivity index (χ2v) is 4.64. The largest absolute Gasteiger partial charge is 0.454 e. The highest BCUT2D eigenvalue weighted by atomic mass is 16.5. The first-order valence-electron chi connectivity index (χ1n) is 6.01. The maximum atomic E-state index is 11.4. The Bertz CT molecular complexity index is 488. The van der Waals surface area contributed by atoms with E-state index in [2.05, 4.69) is 0 Å². The highest BCUT2D eigenvalue weighted by molar-refractivity contribution is 5.90. The lowest BCUT2D eigenvalue weighted by molar-refractivity contribution is -0.141. The molecule has 0 saturated heterocycles. The molecule has 0 radical (unpaired) electrons. The summed E-state index contributed by atoms with van der Waals surface area (Å²) >= 11 is 0.